The molecular weight excluding hydrogens is 236 g/mol. The molecule has 0 saturated carbocycles. The molecule has 2 N–H and O–H groups in total. The van der Waals surface area contributed by atoms with Crippen molar-refractivity contribution in [3.8, 4) is 11.3 Å². The fourth-order valence-corrected chi connectivity index (χ4v) is 2.73. The molecule has 3 nitrogen and oxygen atoms in total. The van der Waals surface area contributed by atoms with Crippen LogP contribution in [-0.2, 0) is 6.61 Å². The number of pyridine rings is 1. The summed E-state index contributed by atoms with van der Waals surface area (Å²) >= 11 is 0. The second-order valence-electron chi connectivity index (χ2n) is 4.69. The Morgan fingerprint density at radius 3 is 2.74 bits per heavy atom. The minimum Gasteiger partial charge on any atom is -0.392 e. The molecule has 0 saturated heterocycles. The van der Waals surface area contributed by atoms with Gasteiger partial charge in [0.2, 0.25) is 0 Å². The summed E-state index contributed by atoms with van der Waals surface area (Å²) in [6, 6.07) is 14.2. The minimum atomic E-state index is 0.00881. The highest BCUT2D eigenvalue weighted by Gasteiger charge is 2.19. The first-order valence-electron chi connectivity index (χ1n) is 6.26. The van der Waals surface area contributed by atoms with Gasteiger partial charge in [-0.1, -0.05) is 30.3 Å². The fourth-order valence-electron chi connectivity index (χ4n) is 2.73. The largest absolute Gasteiger partial charge is 0.392 e. The van der Waals surface area contributed by atoms with E-state index in [-0.39, 0.29) is 6.61 Å². The van der Waals surface area contributed by atoms with Crippen LogP contribution in [0.4, 0.5) is 11.4 Å². The molecule has 92 valence electrons. The quantitative estimate of drug-likeness (QED) is 0.542. The molecule has 2 heterocycles. The lowest BCUT2D eigenvalue weighted by Gasteiger charge is -2.22. The number of hydrogen-bond acceptors (Lipinski definition) is 3. The van der Waals surface area contributed by atoms with Crippen molar-refractivity contribution in [1.29, 1.82) is 0 Å². The Balaban J connectivity index is 2.17. The highest BCUT2D eigenvalue weighted by atomic mass is 16.3. The van der Waals surface area contributed by atoms with Crippen molar-refractivity contribution in [2.45, 2.75) is 6.61 Å². The smallest absolute Gasteiger partial charge is 0.0822 e. The van der Waals surface area contributed by atoms with Gasteiger partial charge in [-0.3, -0.25) is 4.98 Å². The van der Waals surface area contributed by atoms with Crippen molar-refractivity contribution >= 4 is 22.1 Å². The van der Waals surface area contributed by atoms with Gasteiger partial charge in [0.05, 0.1) is 12.3 Å². The van der Waals surface area contributed by atoms with Crippen molar-refractivity contribution in [3.63, 3.8) is 0 Å². The van der Waals surface area contributed by atoms with E-state index in [0.717, 1.165) is 39.0 Å². The van der Waals surface area contributed by atoms with Crippen molar-refractivity contribution < 1.29 is 5.11 Å². The fraction of sp³-hybridized carbons (Fsp3) is 0.0625. The third-order valence-corrected chi connectivity index (χ3v) is 3.62. The van der Waals surface area contributed by atoms with Crippen LogP contribution in [0.25, 0.3) is 22.0 Å². The Morgan fingerprint density at radius 2 is 1.84 bits per heavy atom. The lowest BCUT2D eigenvalue weighted by Crippen LogP contribution is -2.03. The average Bonchev–Trinajstić information content (AvgIpc) is 2.48. The van der Waals surface area contributed by atoms with Gasteiger partial charge < -0.3 is 10.4 Å². The summed E-state index contributed by atoms with van der Waals surface area (Å²) in [6.07, 6.45) is 1.77. The second kappa shape index (κ2) is 3.80. The van der Waals surface area contributed by atoms with Crippen LogP contribution in [0.15, 0.2) is 48.7 Å². The maximum absolute atomic E-state index is 9.44. The number of nitrogens with one attached hydrogen (secondary N) is 1. The molecule has 0 amide bonds. The van der Waals surface area contributed by atoms with Gasteiger partial charge in [0.1, 0.15) is 0 Å². The molecule has 0 unspecified atom stereocenters. The Hall–Kier alpha value is -2.39. The molecule has 0 bridgehead atoms. The van der Waals surface area contributed by atoms with Gasteiger partial charge in [0.15, 0.2) is 0 Å². The molecular formula is C16H12N2O. The SMILES string of the molecule is OCc1cnc2c3c(cccc13)Nc1ccccc1-2. The van der Waals surface area contributed by atoms with Gasteiger partial charge in [0.25, 0.3) is 0 Å². The zero-order valence-electron chi connectivity index (χ0n) is 10.2. The van der Waals surface area contributed by atoms with Crippen LogP contribution >= 0.6 is 0 Å². The monoisotopic (exact) mass is 248 g/mol. The number of aromatic nitrogens is 1. The molecule has 1 aliphatic heterocycles. The summed E-state index contributed by atoms with van der Waals surface area (Å²) < 4.78 is 0. The number of aliphatic hydroxyl groups is 1. The third-order valence-electron chi connectivity index (χ3n) is 3.62. The van der Waals surface area contributed by atoms with E-state index >= 15 is 0 Å². The van der Waals surface area contributed by atoms with Crippen LogP contribution in [-0.4, -0.2) is 10.1 Å². The van der Waals surface area contributed by atoms with E-state index in [1.165, 1.54) is 0 Å². The standard InChI is InChI=1S/C16H12N2O/c19-9-10-8-17-16-12-4-1-2-6-13(12)18-14-7-3-5-11(10)15(14)16/h1-8,18-19H,9H2. The summed E-state index contributed by atoms with van der Waals surface area (Å²) in [4.78, 5) is 4.55. The zero-order chi connectivity index (χ0) is 12.8. The van der Waals surface area contributed by atoms with Crippen LogP contribution < -0.4 is 5.32 Å². The van der Waals surface area contributed by atoms with Gasteiger partial charge in [-0.05, 0) is 17.5 Å². The van der Waals surface area contributed by atoms with Crippen molar-refractivity contribution in [2.24, 2.45) is 0 Å². The highest BCUT2D eigenvalue weighted by Crippen LogP contribution is 2.42. The van der Waals surface area contributed by atoms with Gasteiger partial charge in [-0.2, -0.15) is 0 Å². The predicted molar refractivity (Wildman–Crippen MR) is 76.4 cm³/mol. The summed E-state index contributed by atoms with van der Waals surface area (Å²) in [6.45, 7) is 0.00881. The maximum Gasteiger partial charge on any atom is 0.0822 e. The van der Waals surface area contributed by atoms with Gasteiger partial charge >= 0.3 is 0 Å². The minimum absolute atomic E-state index is 0.00881. The van der Waals surface area contributed by atoms with Crippen LogP contribution in [0, 0.1) is 0 Å². The average molecular weight is 248 g/mol. The number of fused-ring (bicyclic) bond motifs is 2. The van der Waals surface area contributed by atoms with Crippen LogP contribution in [0.5, 0.6) is 0 Å². The second-order valence-corrected chi connectivity index (χ2v) is 4.69. The summed E-state index contributed by atoms with van der Waals surface area (Å²) in [5.41, 5.74) is 5.08. The molecule has 0 spiro atoms. The molecule has 4 rings (SSSR count). The molecule has 1 aliphatic rings. The normalized spacial score (nSPS) is 12.1. The molecule has 0 radical (unpaired) electrons. The van der Waals surface area contributed by atoms with Gasteiger partial charge in [-0.15, -0.1) is 0 Å². The van der Waals surface area contributed by atoms with Crippen LogP contribution in [0.2, 0.25) is 0 Å². The first-order chi connectivity index (χ1) is 9.38. The Morgan fingerprint density at radius 1 is 1.00 bits per heavy atom. The highest BCUT2D eigenvalue weighted by molar-refractivity contribution is 6.10. The van der Waals surface area contributed by atoms with E-state index < -0.39 is 0 Å². The molecule has 2 aromatic carbocycles. The summed E-state index contributed by atoms with van der Waals surface area (Å²) in [5.74, 6) is 0. The molecule has 3 aromatic rings. The van der Waals surface area contributed by atoms with Gasteiger partial charge in [0, 0.05) is 34.1 Å². The number of anilines is 2. The lowest BCUT2D eigenvalue weighted by atomic mass is 9.95. The first-order valence-corrected chi connectivity index (χ1v) is 6.26. The molecule has 0 fully saturated rings. The Kier molecular flexibility index (Phi) is 2.11. The molecule has 3 heteroatoms. The summed E-state index contributed by atoms with van der Waals surface area (Å²) in [7, 11) is 0. The predicted octanol–water partition coefficient (Wildman–Crippen LogP) is 3.45. The number of para-hydroxylation sites is 1. The summed E-state index contributed by atoms with van der Waals surface area (Å²) in [5, 5.41) is 15.0. The molecule has 0 aliphatic carbocycles. The molecule has 0 atom stereocenters. The Labute approximate surface area is 110 Å². The van der Waals surface area contributed by atoms with Crippen molar-refractivity contribution in [1.82, 2.24) is 4.98 Å². The van der Waals surface area contributed by atoms with E-state index in [0.29, 0.717) is 0 Å². The maximum atomic E-state index is 9.44. The van der Waals surface area contributed by atoms with E-state index in [2.05, 4.69) is 22.4 Å². The number of hydrogen-bond donors (Lipinski definition) is 2. The van der Waals surface area contributed by atoms with Crippen LogP contribution in [0.1, 0.15) is 5.56 Å². The van der Waals surface area contributed by atoms with Crippen molar-refractivity contribution in [3.05, 3.63) is 54.2 Å². The molecule has 1 aromatic heterocycles. The van der Waals surface area contributed by atoms with Crippen LogP contribution in [0.3, 0.4) is 0 Å². The first kappa shape index (κ1) is 10.5. The van der Waals surface area contributed by atoms with E-state index in [9.17, 15) is 5.11 Å². The zero-order valence-corrected chi connectivity index (χ0v) is 10.2. The Bertz CT molecular complexity index is 796. The van der Waals surface area contributed by atoms with E-state index in [1.54, 1.807) is 6.20 Å². The third kappa shape index (κ3) is 1.39. The number of aliphatic hydroxyl groups excluding tert-OH is 1. The van der Waals surface area contributed by atoms with Crippen molar-refractivity contribution in [2.75, 3.05) is 5.32 Å². The number of rotatable bonds is 1. The van der Waals surface area contributed by atoms with E-state index in [4.69, 9.17) is 0 Å². The van der Waals surface area contributed by atoms with Gasteiger partial charge in [-0.25, -0.2) is 0 Å². The van der Waals surface area contributed by atoms with E-state index in [1.807, 2.05) is 30.3 Å². The number of nitrogens with zero attached hydrogens (tertiary/aromatic N) is 1. The lowest BCUT2D eigenvalue weighted by molar-refractivity contribution is 0.283. The number of benzene rings is 2. The molecule has 19 heavy (non-hydrogen) atoms. The topological polar surface area (TPSA) is 45.2 Å².